The van der Waals surface area contributed by atoms with Crippen LogP contribution in [0.4, 0.5) is 5.13 Å². The molecular weight excluding hydrogens is 218 g/mol. The third kappa shape index (κ3) is 3.62. The highest BCUT2D eigenvalue weighted by Crippen LogP contribution is 2.22. The number of hydrogen-bond acceptors (Lipinski definition) is 6. The minimum atomic E-state index is -1.42. The Kier molecular flexibility index (Phi) is 3.73. The van der Waals surface area contributed by atoms with E-state index in [0.717, 1.165) is 5.01 Å². The fourth-order valence-corrected chi connectivity index (χ4v) is 1.57. The van der Waals surface area contributed by atoms with E-state index in [9.17, 15) is 14.7 Å². The summed E-state index contributed by atoms with van der Waals surface area (Å²) in [4.78, 5) is 21.1. The van der Waals surface area contributed by atoms with Gasteiger partial charge in [-0.3, -0.25) is 4.79 Å². The molecule has 0 atom stereocenters. The summed E-state index contributed by atoms with van der Waals surface area (Å²) in [6.07, 6.45) is -0.670. The lowest BCUT2D eigenvalue weighted by Crippen LogP contribution is -2.28. The molecule has 1 N–H and O–H groups in total. The molecule has 0 aliphatic carbocycles. The first-order chi connectivity index (χ1) is 6.99. The summed E-state index contributed by atoms with van der Waals surface area (Å²) in [5, 5.41) is 21.1. The molecule has 0 bridgehead atoms. The smallest absolute Gasteiger partial charge is 0.231 e. The molecule has 0 aromatic carbocycles. The standard InChI is InChI=1S/C8H11N3O3S/c1-4(2)7-10-11-8(15-7)9-5(12)3-6(13)14/h4H,3H2,1-2H3,(H,13,14)(H,9,11,12)/p-1. The summed E-state index contributed by atoms with van der Waals surface area (Å²) in [7, 11) is 0. The van der Waals surface area contributed by atoms with Gasteiger partial charge in [-0.1, -0.05) is 25.2 Å². The van der Waals surface area contributed by atoms with E-state index in [0.29, 0.717) is 5.13 Å². The van der Waals surface area contributed by atoms with Gasteiger partial charge in [0.25, 0.3) is 0 Å². The molecule has 1 rings (SSSR count). The maximum Gasteiger partial charge on any atom is 0.231 e. The van der Waals surface area contributed by atoms with Crippen molar-refractivity contribution in [1.29, 1.82) is 0 Å². The van der Waals surface area contributed by atoms with Crippen LogP contribution in [0.2, 0.25) is 0 Å². The molecule has 0 saturated heterocycles. The van der Waals surface area contributed by atoms with Crippen LogP contribution in [0.25, 0.3) is 0 Å². The number of anilines is 1. The normalized spacial score (nSPS) is 10.3. The topological polar surface area (TPSA) is 95.0 Å². The zero-order valence-electron chi connectivity index (χ0n) is 8.31. The van der Waals surface area contributed by atoms with Crippen LogP contribution in [0, 0.1) is 0 Å². The first-order valence-electron chi connectivity index (χ1n) is 4.32. The van der Waals surface area contributed by atoms with Crippen LogP contribution in [-0.4, -0.2) is 22.1 Å². The highest BCUT2D eigenvalue weighted by Gasteiger charge is 2.10. The molecule has 6 nitrogen and oxygen atoms in total. The Morgan fingerprint density at radius 2 is 2.13 bits per heavy atom. The Balaban J connectivity index is 2.57. The van der Waals surface area contributed by atoms with Crippen molar-refractivity contribution in [3.63, 3.8) is 0 Å². The van der Waals surface area contributed by atoms with Gasteiger partial charge >= 0.3 is 0 Å². The van der Waals surface area contributed by atoms with Gasteiger partial charge < -0.3 is 15.2 Å². The summed E-state index contributed by atoms with van der Waals surface area (Å²) in [6.45, 7) is 3.90. The molecule has 0 spiro atoms. The van der Waals surface area contributed by atoms with Crippen LogP contribution in [0.15, 0.2) is 0 Å². The van der Waals surface area contributed by atoms with E-state index in [1.807, 2.05) is 13.8 Å². The van der Waals surface area contributed by atoms with Crippen LogP contribution in [0.1, 0.15) is 31.2 Å². The predicted octanol–water partition coefficient (Wildman–Crippen LogP) is -0.260. The average Bonchev–Trinajstić information content (AvgIpc) is 2.50. The van der Waals surface area contributed by atoms with E-state index in [4.69, 9.17) is 0 Å². The second-order valence-electron chi connectivity index (χ2n) is 3.20. The Labute approximate surface area is 90.3 Å². The summed E-state index contributed by atoms with van der Waals surface area (Å²) in [5.41, 5.74) is 0. The van der Waals surface area contributed by atoms with E-state index < -0.39 is 18.3 Å². The number of nitrogens with zero attached hydrogens (tertiary/aromatic N) is 2. The van der Waals surface area contributed by atoms with Crippen molar-refractivity contribution in [3.8, 4) is 0 Å². The van der Waals surface area contributed by atoms with Crippen LogP contribution in [0.5, 0.6) is 0 Å². The maximum atomic E-state index is 11.0. The van der Waals surface area contributed by atoms with Crippen molar-refractivity contribution >= 4 is 28.3 Å². The van der Waals surface area contributed by atoms with Crippen molar-refractivity contribution < 1.29 is 14.7 Å². The van der Waals surface area contributed by atoms with E-state index in [-0.39, 0.29) is 5.92 Å². The first-order valence-corrected chi connectivity index (χ1v) is 5.13. The molecular formula is C8H10N3O3S-. The second kappa shape index (κ2) is 4.83. The van der Waals surface area contributed by atoms with Crippen molar-refractivity contribution in [2.45, 2.75) is 26.2 Å². The van der Waals surface area contributed by atoms with E-state index in [1.165, 1.54) is 11.3 Å². The molecule has 0 saturated carbocycles. The Hall–Kier alpha value is -1.50. The van der Waals surface area contributed by atoms with Crippen molar-refractivity contribution in [3.05, 3.63) is 5.01 Å². The number of carbonyl (C=O) groups is 2. The number of rotatable bonds is 4. The Bertz CT molecular complexity index is 375. The Morgan fingerprint density at radius 3 is 2.60 bits per heavy atom. The highest BCUT2D eigenvalue weighted by atomic mass is 32.1. The molecule has 0 aliphatic heterocycles. The average molecular weight is 228 g/mol. The molecule has 1 heterocycles. The van der Waals surface area contributed by atoms with Gasteiger partial charge in [0.15, 0.2) is 0 Å². The van der Waals surface area contributed by atoms with Crippen LogP contribution < -0.4 is 10.4 Å². The molecule has 15 heavy (non-hydrogen) atoms. The lowest BCUT2D eigenvalue weighted by Gasteiger charge is -2.00. The van der Waals surface area contributed by atoms with Gasteiger partial charge in [0.05, 0.1) is 12.4 Å². The number of carboxylic acid groups (broad SMARTS) is 1. The zero-order chi connectivity index (χ0) is 11.4. The molecule has 0 unspecified atom stereocenters. The molecule has 0 fully saturated rings. The first kappa shape index (κ1) is 11.6. The SMILES string of the molecule is CC(C)c1nnc(NC(=O)CC(=O)[O-])s1. The van der Waals surface area contributed by atoms with Gasteiger partial charge in [0.1, 0.15) is 5.01 Å². The van der Waals surface area contributed by atoms with Crippen LogP contribution in [0.3, 0.4) is 0 Å². The quantitative estimate of drug-likeness (QED) is 0.716. The molecule has 82 valence electrons. The largest absolute Gasteiger partial charge is 0.550 e. The number of nitrogens with one attached hydrogen (secondary N) is 1. The van der Waals surface area contributed by atoms with Gasteiger partial charge in [-0.05, 0) is 0 Å². The van der Waals surface area contributed by atoms with E-state index in [1.54, 1.807) is 0 Å². The number of carbonyl (C=O) groups excluding carboxylic acids is 2. The number of amides is 1. The van der Waals surface area contributed by atoms with Gasteiger partial charge in [0, 0.05) is 5.92 Å². The van der Waals surface area contributed by atoms with Gasteiger partial charge in [-0.15, -0.1) is 10.2 Å². The van der Waals surface area contributed by atoms with Gasteiger partial charge in [-0.2, -0.15) is 0 Å². The molecule has 1 amide bonds. The molecule has 1 aromatic rings. The maximum absolute atomic E-state index is 11.0. The molecule has 1 aromatic heterocycles. The molecule has 7 heteroatoms. The van der Waals surface area contributed by atoms with Crippen LogP contribution in [-0.2, 0) is 9.59 Å². The monoisotopic (exact) mass is 228 g/mol. The van der Waals surface area contributed by atoms with Gasteiger partial charge in [0.2, 0.25) is 11.0 Å². The minimum absolute atomic E-state index is 0.231. The summed E-state index contributed by atoms with van der Waals surface area (Å²) in [6, 6.07) is 0. The molecule has 0 aliphatic rings. The van der Waals surface area contributed by atoms with Gasteiger partial charge in [-0.25, -0.2) is 0 Å². The minimum Gasteiger partial charge on any atom is -0.550 e. The lowest BCUT2D eigenvalue weighted by atomic mass is 10.2. The van der Waals surface area contributed by atoms with E-state index in [2.05, 4.69) is 15.5 Å². The van der Waals surface area contributed by atoms with Crippen molar-refractivity contribution in [1.82, 2.24) is 10.2 Å². The fraction of sp³-hybridized carbons (Fsp3) is 0.500. The number of hydrogen-bond donors (Lipinski definition) is 1. The zero-order valence-corrected chi connectivity index (χ0v) is 9.13. The predicted molar refractivity (Wildman–Crippen MR) is 52.3 cm³/mol. The fourth-order valence-electron chi connectivity index (χ4n) is 0.813. The number of aliphatic carboxylic acids is 1. The lowest BCUT2D eigenvalue weighted by molar-refractivity contribution is -0.304. The number of aromatic nitrogens is 2. The van der Waals surface area contributed by atoms with Crippen molar-refractivity contribution in [2.75, 3.05) is 5.32 Å². The molecule has 0 radical (unpaired) electrons. The Morgan fingerprint density at radius 1 is 1.47 bits per heavy atom. The van der Waals surface area contributed by atoms with Crippen LogP contribution >= 0.6 is 11.3 Å². The third-order valence-electron chi connectivity index (χ3n) is 1.49. The summed E-state index contributed by atoms with van der Waals surface area (Å²) < 4.78 is 0. The number of carboxylic acids is 1. The highest BCUT2D eigenvalue weighted by molar-refractivity contribution is 7.15. The second-order valence-corrected chi connectivity index (χ2v) is 4.21. The van der Waals surface area contributed by atoms with Crippen molar-refractivity contribution in [2.24, 2.45) is 0 Å². The third-order valence-corrected chi connectivity index (χ3v) is 2.63. The summed E-state index contributed by atoms with van der Waals surface area (Å²) in [5.74, 6) is -1.84. The summed E-state index contributed by atoms with van der Waals surface area (Å²) >= 11 is 1.23. The van der Waals surface area contributed by atoms with E-state index >= 15 is 0 Å².